The molecule has 2 aromatic rings. The predicted octanol–water partition coefficient (Wildman–Crippen LogP) is 3.74. The van der Waals surface area contributed by atoms with E-state index in [9.17, 15) is 4.39 Å². The summed E-state index contributed by atoms with van der Waals surface area (Å²) in [6.45, 7) is 3.77. The Kier molecular flexibility index (Phi) is 5.48. The quantitative estimate of drug-likeness (QED) is 0.870. The molecule has 0 unspecified atom stereocenters. The Labute approximate surface area is 126 Å². The van der Waals surface area contributed by atoms with E-state index in [0.717, 1.165) is 18.7 Å². The van der Waals surface area contributed by atoms with Gasteiger partial charge in [-0.3, -0.25) is 0 Å². The number of nitrogens with one attached hydrogen (secondary N) is 1. The fraction of sp³-hybridized carbons (Fsp3) is 0.333. The summed E-state index contributed by atoms with van der Waals surface area (Å²) in [7, 11) is 4.13. The summed E-state index contributed by atoms with van der Waals surface area (Å²) in [5.41, 5.74) is 3.52. The van der Waals surface area contributed by atoms with Crippen molar-refractivity contribution in [3.63, 3.8) is 0 Å². The lowest BCUT2D eigenvalue weighted by molar-refractivity contribution is 0.402. The zero-order valence-corrected chi connectivity index (χ0v) is 12.9. The summed E-state index contributed by atoms with van der Waals surface area (Å²) in [4.78, 5) is 2.15. The molecule has 0 spiro atoms. The Morgan fingerprint density at radius 2 is 1.76 bits per heavy atom. The van der Waals surface area contributed by atoms with Crippen LogP contribution in [0, 0.1) is 5.82 Å². The molecule has 0 bridgehead atoms. The SMILES string of the molecule is C[C@@H](NCc1cccc(CN(C)C)c1)c1cccc(F)c1. The summed E-state index contributed by atoms with van der Waals surface area (Å²) in [6, 6.07) is 15.4. The topological polar surface area (TPSA) is 15.3 Å². The molecular weight excluding hydrogens is 263 g/mol. The van der Waals surface area contributed by atoms with Gasteiger partial charge in [0.1, 0.15) is 5.82 Å². The Morgan fingerprint density at radius 1 is 1.05 bits per heavy atom. The van der Waals surface area contributed by atoms with Crippen LogP contribution in [-0.2, 0) is 13.1 Å². The number of hydrogen-bond acceptors (Lipinski definition) is 2. The number of nitrogens with zero attached hydrogens (tertiary/aromatic N) is 1. The minimum Gasteiger partial charge on any atom is -0.306 e. The van der Waals surface area contributed by atoms with Gasteiger partial charge >= 0.3 is 0 Å². The Morgan fingerprint density at radius 3 is 2.48 bits per heavy atom. The van der Waals surface area contributed by atoms with Gasteiger partial charge in [0, 0.05) is 19.1 Å². The third kappa shape index (κ3) is 4.96. The molecule has 0 aromatic heterocycles. The second-order valence-corrected chi connectivity index (χ2v) is 5.72. The van der Waals surface area contributed by atoms with Crippen molar-refractivity contribution in [3.8, 4) is 0 Å². The first kappa shape index (κ1) is 15.7. The third-order valence-electron chi connectivity index (χ3n) is 3.45. The van der Waals surface area contributed by atoms with Crippen LogP contribution in [0.2, 0.25) is 0 Å². The maximum Gasteiger partial charge on any atom is 0.123 e. The van der Waals surface area contributed by atoms with E-state index in [2.05, 4.69) is 55.5 Å². The first-order valence-corrected chi connectivity index (χ1v) is 7.26. The normalized spacial score (nSPS) is 12.6. The van der Waals surface area contributed by atoms with Crippen LogP contribution in [0.5, 0.6) is 0 Å². The van der Waals surface area contributed by atoms with Crippen molar-refractivity contribution in [1.29, 1.82) is 0 Å². The van der Waals surface area contributed by atoms with E-state index in [1.165, 1.54) is 17.2 Å². The van der Waals surface area contributed by atoms with Gasteiger partial charge < -0.3 is 10.2 Å². The van der Waals surface area contributed by atoms with Gasteiger partial charge in [-0.05, 0) is 49.8 Å². The highest BCUT2D eigenvalue weighted by Gasteiger charge is 2.06. The summed E-state index contributed by atoms with van der Waals surface area (Å²) < 4.78 is 13.2. The van der Waals surface area contributed by atoms with Crippen LogP contribution in [-0.4, -0.2) is 19.0 Å². The predicted molar refractivity (Wildman–Crippen MR) is 85.5 cm³/mol. The van der Waals surface area contributed by atoms with Crippen molar-refractivity contribution in [3.05, 3.63) is 71.0 Å². The van der Waals surface area contributed by atoms with Crippen LogP contribution < -0.4 is 5.32 Å². The Balaban J connectivity index is 1.96. The monoisotopic (exact) mass is 286 g/mol. The molecule has 0 heterocycles. The van der Waals surface area contributed by atoms with Gasteiger partial charge in [0.05, 0.1) is 0 Å². The second kappa shape index (κ2) is 7.34. The molecule has 2 rings (SSSR count). The van der Waals surface area contributed by atoms with Gasteiger partial charge in [0.15, 0.2) is 0 Å². The van der Waals surface area contributed by atoms with E-state index in [-0.39, 0.29) is 11.9 Å². The number of hydrogen-bond donors (Lipinski definition) is 1. The molecule has 0 aliphatic heterocycles. The smallest absolute Gasteiger partial charge is 0.123 e. The van der Waals surface area contributed by atoms with Crippen molar-refractivity contribution in [1.82, 2.24) is 10.2 Å². The minimum atomic E-state index is -0.186. The average molecular weight is 286 g/mol. The maximum atomic E-state index is 13.2. The number of rotatable bonds is 6. The minimum absolute atomic E-state index is 0.123. The molecule has 0 aliphatic rings. The summed E-state index contributed by atoms with van der Waals surface area (Å²) >= 11 is 0. The van der Waals surface area contributed by atoms with Crippen LogP contribution in [0.15, 0.2) is 48.5 Å². The average Bonchev–Trinajstić information content (AvgIpc) is 2.44. The van der Waals surface area contributed by atoms with Crippen molar-refractivity contribution < 1.29 is 4.39 Å². The van der Waals surface area contributed by atoms with Gasteiger partial charge in [-0.25, -0.2) is 4.39 Å². The molecule has 3 heteroatoms. The molecule has 0 saturated carbocycles. The van der Waals surface area contributed by atoms with Gasteiger partial charge in [-0.15, -0.1) is 0 Å². The summed E-state index contributed by atoms with van der Waals surface area (Å²) in [6.07, 6.45) is 0. The summed E-state index contributed by atoms with van der Waals surface area (Å²) in [5, 5.41) is 3.44. The van der Waals surface area contributed by atoms with Crippen LogP contribution >= 0.6 is 0 Å². The fourth-order valence-electron chi connectivity index (χ4n) is 2.37. The van der Waals surface area contributed by atoms with Crippen molar-refractivity contribution >= 4 is 0 Å². The first-order valence-electron chi connectivity index (χ1n) is 7.26. The number of halogens is 1. The van der Waals surface area contributed by atoms with Crippen LogP contribution in [0.3, 0.4) is 0 Å². The van der Waals surface area contributed by atoms with Crippen molar-refractivity contribution in [2.24, 2.45) is 0 Å². The van der Waals surface area contributed by atoms with Gasteiger partial charge in [0.25, 0.3) is 0 Å². The van der Waals surface area contributed by atoms with E-state index in [1.807, 2.05) is 6.07 Å². The number of benzene rings is 2. The molecule has 2 aromatic carbocycles. The summed E-state index contributed by atoms with van der Waals surface area (Å²) in [5.74, 6) is -0.186. The van der Waals surface area contributed by atoms with E-state index in [4.69, 9.17) is 0 Å². The van der Waals surface area contributed by atoms with Crippen LogP contribution in [0.25, 0.3) is 0 Å². The molecule has 112 valence electrons. The maximum absolute atomic E-state index is 13.2. The van der Waals surface area contributed by atoms with Gasteiger partial charge in [-0.1, -0.05) is 36.4 Å². The first-order chi connectivity index (χ1) is 10.0. The highest BCUT2D eigenvalue weighted by molar-refractivity contribution is 5.24. The highest BCUT2D eigenvalue weighted by atomic mass is 19.1. The molecule has 21 heavy (non-hydrogen) atoms. The van der Waals surface area contributed by atoms with E-state index in [0.29, 0.717) is 0 Å². The fourth-order valence-corrected chi connectivity index (χ4v) is 2.37. The Bertz CT molecular complexity index is 581. The lowest BCUT2D eigenvalue weighted by atomic mass is 10.1. The second-order valence-electron chi connectivity index (χ2n) is 5.72. The largest absolute Gasteiger partial charge is 0.306 e. The molecule has 2 nitrogen and oxygen atoms in total. The highest BCUT2D eigenvalue weighted by Crippen LogP contribution is 2.15. The lowest BCUT2D eigenvalue weighted by Gasteiger charge is -2.15. The van der Waals surface area contributed by atoms with E-state index in [1.54, 1.807) is 12.1 Å². The molecular formula is C18H23FN2. The molecule has 0 radical (unpaired) electrons. The van der Waals surface area contributed by atoms with Crippen LogP contribution in [0.4, 0.5) is 4.39 Å². The van der Waals surface area contributed by atoms with Crippen molar-refractivity contribution in [2.75, 3.05) is 14.1 Å². The van der Waals surface area contributed by atoms with Crippen molar-refractivity contribution in [2.45, 2.75) is 26.1 Å². The van der Waals surface area contributed by atoms with E-state index >= 15 is 0 Å². The molecule has 0 saturated heterocycles. The Hall–Kier alpha value is -1.71. The van der Waals surface area contributed by atoms with Gasteiger partial charge in [0.2, 0.25) is 0 Å². The van der Waals surface area contributed by atoms with E-state index < -0.39 is 0 Å². The third-order valence-corrected chi connectivity index (χ3v) is 3.45. The standard InChI is InChI=1S/C18H23FN2/c1-14(17-8-5-9-18(19)11-17)20-12-15-6-4-7-16(10-15)13-21(2)3/h4-11,14,20H,12-13H2,1-3H3/t14-/m1/s1. The molecule has 0 aliphatic carbocycles. The molecule has 1 atom stereocenters. The molecule has 0 amide bonds. The lowest BCUT2D eigenvalue weighted by Crippen LogP contribution is -2.18. The van der Waals surface area contributed by atoms with Gasteiger partial charge in [-0.2, -0.15) is 0 Å². The zero-order valence-electron chi connectivity index (χ0n) is 12.9. The van der Waals surface area contributed by atoms with Crippen LogP contribution in [0.1, 0.15) is 29.7 Å². The molecule has 1 N–H and O–H groups in total. The molecule has 0 fully saturated rings. The zero-order chi connectivity index (χ0) is 15.2.